The molecule has 2 rings (SSSR count). The molecule has 0 radical (unpaired) electrons. The Bertz CT molecular complexity index is 717. The Morgan fingerprint density at radius 1 is 1.26 bits per heavy atom. The van der Waals surface area contributed by atoms with Crippen molar-refractivity contribution in [3.8, 4) is 0 Å². The van der Waals surface area contributed by atoms with E-state index in [1.807, 2.05) is 0 Å². The van der Waals surface area contributed by atoms with Crippen LogP contribution in [0.25, 0.3) is 0 Å². The largest absolute Gasteiger partial charge is 0.416 e. The van der Waals surface area contributed by atoms with Gasteiger partial charge in [0.15, 0.2) is 0 Å². The second kappa shape index (κ2) is 6.06. The van der Waals surface area contributed by atoms with Gasteiger partial charge in [-0.05, 0) is 12.1 Å². The molecule has 1 aromatic rings. The molecule has 23 heavy (non-hydrogen) atoms. The molecule has 0 saturated carbocycles. The Morgan fingerprint density at radius 3 is 2.48 bits per heavy atom. The lowest BCUT2D eigenvalue weighted by molar-refractivity contribution is -0.139. The molecule has 1 aliphatic heterocycles. The highest BCUT2D eigenvalue weighted by atomic mass is 32.3. The predicted molar refractivity (Wildman–Crippen MR) is 69.8 cm³/mol. The summed E-state index contributed by atoms with van der Waals surface area (Å²) in [5.41, 5.74) is -1.90. The number of hydrogen-bond acceptors (Lipinski definition) is 3. The van der Waals surface area contributed by atoms with Gasteiger partial charge in [-0.2, -0.15) is 21.6 Å². The molecule has 0 bridgehead atoms. The number of carbonyl (C=O) groups excluding carboxylic acids is 1. The normalized spacial score (nSPS) is 19.4. The van der Waals surface area contributed by atoms with E-state index in [2.05, 4.69) is 0 Å². The Labute approximate surface area is 129 Å². The van der Waals surface area contributed by atoms with Crippen LogP contribution in [0, 0.1) is 11.7 Å². The van der Waals surface area contributed by atoms with Crippen LogP contribution in [-0.2, 0) is 27.7 Å². The summed E-state index contributed by atoms with van der Waals surface area (Å²) >= 11 is 0. The summed E-state index contributed by atoms with van der Waals surface area (Å²) in [6, 6.07) is 2.45. The number of hydrogen-bond donors (Lipinski definition) is 0. The molecule has 1 saturated heterocycles. The monoisotopic (exact) mass is 357 g/mol. The first-order chi connectivity index (χ1) is 10.5. The summed E-state index contributed by atoms with van der Waals surface area (Å²) in [6.45, 7) is -0.892. The van der Waals surface area contributed by atoms with Crippen LogP contribution in [0.2, 0.25) is 0 Å². The summed E-state index contributed by atoms with van der Waals surface area (Å²) in [6.07, 6.45) is -5.10. The molecule has 0 aliphatic carbocycles. The highest BCUT2D eigenvalue weighted by Crippen LogP contribution is 2.34. The lowest BCUT2D eigenvalue weighted by Crippen LogP contribution is -2.27. The number of amides is 1. The third-order valence-electron chi connectivity index (χ3n) is 3.50. The van der Waals surface area contributed by atoms with Crippen LogP contribution in [0.5, 0.6) is 0 Å². The third kappa shape index (κ3) is 4.40. The van der Waals surface area contributed by atoms with Crippen molar-refractivity contribution >= 4 is 16.1 Å². The molecule has 1 fully saturated rings. The molecule has 1 unspecified atom stereocenters. The Balaban J connectivity index is 2.22. The molecule has 1 aliphatic rings. The van der Waals surface area contributed by atoms with E-state index >= 15 is 0 Å². The molecule has 0 spiro atoms. The SMILES string of the molecule is O=C1CC(CS(=O)(=O)F)CN1Cc1c(F)cccc1C(F)(F)F. The zero-order chi connectivity index (χ0) is 17.4. The molecule has 1 amide bonds. The molecular weight excluding hydrogens is 345 g/mol. The minimum Gasteiger partial charge on any atom is -0.338 e. The van der Waals surface area contributed by atoms with Gasteiger partial charge < -0.3 is 4.90 Å². The lowest BCUT2D eigenvalue weighted by atomic mass is 10.1. The molecule has 10 heteroatoms. The maximum atomic E-state index is 13.7. The lowest BCUT2D eigenvalue weighted by Gasteiger charge is -2.20. The van der Waals surface area contributed by atoms with E-state index in [4.69, 9.17) is 0 Å². The van der Waals surface area contributed by atoms with Gasteiger partial charge in [0.05, 0.1) is 11.3 Å². The van der Waals surface area contributed by atoms with Gasteiger partial charge in [0, 0.05) is 31.0 Å². The summed E-state index contributed by atoms with van der Waals surface area (Å²) in [5, 5.41) is 0. The zero-order valence-electron chi connectivity index (χ0n) is 11.6. The topological polar surface area (TPSA) is 54.5 Å². The number of carbonyl (C=O) groups is 1. The molecule has 4 nitrogen and oxygen atoms in total. The van der Waals surface area contributed by atoms with Crippen molar-refractivity contribution in [3.05, 3.63) is 35.1 Å². The smallest absolute Gasteiger partial charge is 0.338 e. The summed E-state index contributed by atoms with van der Waals surface area (Å²) < 4.78 is 86.3. The fraction of sp³-hybridized carbons (Fsp3) is 0.462. The number of halogens is 5. The van der Waals surface area contributed by atoms with E-state index in [-0.39, 0.29) is 13.0 Å². The van der Waals surface area contributed by atoms with Gasteiger partial charge in [0.1, 0.15) is 5.82 Å². The van der Waals surface area contributed by atoms with Crippen LogP contribution in [0.1, 0.15) is 17.5 Å². The van der Waals surface area contributed by atoms with Crippen molar-refractivity contribution in [1.82, 2.24) is 4.90 Å². The first kappa shape index (κ1) is 17.6. The number of benzene rings is 1. The minimum absolute atomic E-state index is 0.242. The van der Waals surface area contributed by atoms with E-state index in [1.54, 1.807) is 0 Å². The van der Waals surface area contributed by atoms with Crippen molar-refractivity contribution in [2.75, 3.05) is 12.3 Å². The molecular formula is C13H12F5NO3S. The van der Waals surface area contributed by atoms with E-state index in [0.29, 0.717) is 6.07 Å². The van der Waals surface area contributed by atoms with Crippen LogP contribution in [0.15, 0.2) is 18.2 Å². The molecule has 128 valence electrons. The fourth-order valence-electron chi connectivity index (χ4n) is 2.58. The Hall–Kier alpha value is -1.71. The van der Waals surface area contributed by atoms with Gasteiger partial charge in [-0.25, -0.2) is 4.39 Å². The number of likely N-dealkylation sites (tertiary alicyclic amines) is 1. The standard InChI is InChI=1S/C13H12F5NO3S/c14-11-3-1-2-10(13(15,16)17)9(11)6-19-5-8(4-12(19)20)7-23(18,21)22/h1-3,8H,4-7H2. The second-order valence-corrected chi connectivity index (χ2v) is 6.72. The van der Waals surface area contributed by atoms with E-state index in [1.165, 1.54) is 0 Å². The quantitative estimate of drug-likeness (QED) is 0.615. The highest BCUT2D eigenvalue weighted by molar-refractivity contribution is 7.86. The average molecular weight is 357 g/mol. The minimum atomic E-state index is -4.80. The number of nitrogens with zero attached hydrogens (tertiary/aromatic N) is 1. The van der Waals surface area contributed by atoms with Gasteiger partial charge in [-0.15, -0.1) is 3.89 Å². The molecule has 1 aromatic carbocycles. The summed E-state index contributed by atoms with van der Waals surface area (Å²) in [5.74, 6) is -3.51. The molecule has 1 atom stereocenters. The van der Waals surface area contributed by atoms with Gasteiger partial charge in [0.2, 0.25) is 5.91 Å². The molecule has 0 aromatic heterocycles. The van der Waals surface area contributed by atoms with Crippen LogP contribution in [0.3, 0.4) is 0 Å². The Kier molecular flexibility index (Phi) is 4.65. The maximum absolute atomic E-state index is 13.7. The first-order valence-corrected chi connectivity index (χ1v) is 8.07. The summed E-state index contributed by atoms with van der Waals surface area (Å²) in [7, 11) is -4.80. The second-order valence-electron chi connectivity index (χ2n) is 5.31. The summed E-state index contributed by atoms with van der Waals surface area (Å²) in [4.78, 5) is 12.7. The van der Waals surface area contributed by atoms with Gasteiger partial charge in [0.25, 0.3) is 0 Å². The predicted octanol–water partition coefficient (Wildman–Crippen LogP) is 2.49. The van der Waals surface area contributed by atoms with Gasteiger partial charge in [-0.3, -0.25) is 4.79 Å². The number of rotatable bonds is 4. The Morgan fingerprint density at radius 2 is 1.91 bits per heavy atom. The highest BCUT2D eigenvalue weighted by Gasteiger charge is 2.37. The first-order valence-electron chi connectivity index (χ1n) is 6.52. The van der Waals surface area contributed by atoms with Crippen molar-refractivity contribution in [2.24, 2.45) is 5.92 Å². The van der Waals surface area contributed by atoms with Crippen molar-refractivity contribution < 1.29 is 34.7 Å². The van der Waals surface area contributed by atoms with E-state index in [0.717, 1.165) is 17.0 Å². The van der Waals surface area contributed by atoms with Crippen LogP contribution in [-0.4, -0.2) is 31.5 Å². The molecule has 1 heterocycles. The van der Waals surface area contributed by atoms with Crippen LogP contribution in [0.4, 0.5) is 21.4 Å². The van der Waals surface area contributed by atoms with Crippen LogP contribution >= 0.6 is 0 Å². The maximum Gasteiger partial charge on any atom is 0.416 e. The molecule has 0 N–H and O–H groups in total. The van der Waals surface area contributed by atoms with Gasteiger partial charge >= 0.3 is 16.4 Å². The van der Waals surface area contributed by atoms with Crippen LogP contribution < -0.4 is 0 Å². The average Bonchev–Trinajstić information content (AvgIpc) is 2.68. The van der Waals surface area contributed by atoms with Crippen molar-refractivity contribution in [3.63, 3.8) is 0 Å². The van der Waals surface area contributed by atoms with E-state index < -0.39 is 57.5 Å². The third-order valence-corrected chi connectivity index (χ3v) is 4.37. The van der Waals surface area contributed by atoms with Crippen molar-refractivity contribution in [1.29, 1.82) is 0 Å². The fourth-order valence-corrected chi connectivity index (χ4v) is 3.36. The van der Waals surface area contributed by atoms with Gasteiger partial charge in [-0.1, -0.05) is 6.07 Å². The van der Waals surface area contributed by atoms with E-state index in [9.17, 15) is 34.7 Å². The zero-order valence-corrected chi connectivity index (χ0v) is 12.4. The van der Waals surface area contributed by atoms with Crippen molar-refractivity contribution in [2.45, 2.75) is 19.1 Å². The number of alkyl halides is 3.